The molecule has 0 saturated heterocycles. The summed E-state index contributed by atoms with van der Waals surface area (Å²) in [4.78, 5) is 30.3. The topological polar surface area (TPSA) is 101 Å². The molecule has 0 unspecified atom stereocenters. The van der Waals surface area contributed by atoms with Gasteiger partial charge in [0.05, 0.1) is 23.4 Å². The van der Waals surface area contributed by atoms with Gasteiger partial charge in [0.2, 0.25) is 5.88 Å². The van der Waals surface area contributed by atoms with Gasteiger partial charge in [-0.15, -0.1) is 0 Å². The third kappa shape index (κ3) is 4.91. The van der Waals surface area contributed by atoms with Crippen LogP contribution in [0.15, 0.2) is 30.5 Å². The van der Waals surface area contributed by atoms with E-state index in [1.807, 2.05) is 0 Å². The number of halogens is 3. The van der Waals surface area contributed by atoms with Crippen molar-refractivity contribution in [2.24, 2.45) is 0 Å². The number of nitrogens with one attached hydrogen (secondary N) is 1. The molecule has 0 saturated carbocycles. The first-order chi connectivity index (χ1) is 12.2. The van der Waals surface area contributed by atoms with Crippen molar-refractivity contribution in [2.45, 2.75) is 13.1 Å². The molecule has 0 aliphatic rings. The van der Waals surface area contributed by atoms with E-state index < -0.39 is 23.6 Å². The van der Waals surface area contributed by atoms with Crippen LogP contribution < -0.4 is 10.1 Å². The van der Waals surface area contributed by atoms with E-state index in [0.29, 0.717) is 6.20 Å². The molecule has 7 nitrogen and oxygen atoms in total. The zero-order chi connectivity index (χ0) is 19.3. The van der Waals surface area contributed by atoms with Crippen molar-refractivity contribution in [2.75, 3.05) is 13.2 Å². The summed E-state index contributed by atoms with van der Waals surface area (Å²) < 4.78 is 42.4. The Morgan fingerprint density at radius 3 is 2.50 bits per heavy atom. The third-order valence-corrected chi connectivity index (χ3v) is 3.25. The number of hydrogen-bond donors (Lipinski definition) is 2. The summed E-state index contributed by atoms with van der Waals surface area (Å²) in [6.07, 6.45) is -3.81. The number of rotatable bonds is 6. The van der Waals surface area contributed by atoms with Crippen molar-refractivity contribution in [3.63, 3.8) is 0 Å². The first-order valence-electron chi connectivity index (χ1n) is 7.33. The van der Waals surface area contributed by atoms with Crippen LogP contribution in [0.3, 0.4) is 0 Å². The van der Waals surface area contributed by atoms with Crippen molar-refractivity contribution in [1.29, 1.82) is 0 Å². The lowest BCUT2D eigenvalue weighted by Crippen LogP contribution is -2.29. The van der Waals surface area contributed by atoms with Crippen LogP contribution in [0.2, 0.25) is 0 Å². The zero-order valence-corrected chi connectivity index (χ0v) is 13.5. The maximum absolute atomic E-state index is 12.4. The number of nitrogens with zero attached hydrogens (tertiary/aromatic N) is 2. The fourth-order valence-electron chi connectivity index (χ4n) is 1.96. The highest BCUT2D eigenvalue weighted by Gasteiger charge is 2.30. The SMILES string of the molecule is Cc1nc(C(=O)NCCOc2ccc(C(F)(F)F)cn2)ccc1C(=O)O. The minimum atomic E-state index is -4.47. The molecule has 138 valence electrons. The highest BCUT2D eigenvalue weighted by Crippen LogP contribution is 2.29. The molecule has 2 N–H and O–H groups in total. The number of alkyl halides is 3. The Labute approximate surface area is 145 Å². The molecule has 1 amide bonds. The predicted molar refractivity (Wildman–Crippen MR) is 83.0 cm³/mol. The predicted octanol–water partition coefficient (Wildman–Crippen LogP) is 2.31. The largest absolute Gasteiger partial charge is 0.478 e. The van der Waals surface area contributed by atoms with Crippen molar-refractivity contribution >= 4 is 11.9 Å². The summed E-state index contributed by atoms with van der Waals surface area (Å²) in [5.74, 6) is -1.68. The van der Waals surface area contributed by atoms with Crippen LogP contribution in [-0.4, -0.2) is 40.1 Å². The summed E-state index contributed by atoms with van der Waals surface area (Å²) in [6.45, 7) is 1.51. The van der Waals surface area contributed by atoms with Gasteiger partial charge < -0.3 is 15.2 Å². The van der Waals surface area contributed by atoms with Crippen LogP contribution in [-0.2, 0) is 6.18 Å². The van der Waals surface area contributed by atoms with Crippen molar-refractivity contribution in [1.82, 2.24) is 15.3 Å². The summed E-state index contributed by atoms with van der Waals surface area (Å²) in [5.41, 5.74) is -0.641. The molecule has 0 aliphatic carbocycles. The van der Waals surface area contributed by atoms with Gasteiger partial charge in [-0.1, -0.05) is 0 Å². The van der Waals surface area contributed by atoms with E-state index in [9.17, 15) is 22.8 Å². The van der Waals surface area contributed by atoms with E-state index in [2.05, 4.69) is 15.3 Å². The molecule has 0 spiro atoms. The molecular weight excluding hydrogens is 355 g/mol. The number of carboxylic acids is 1. The monoisotopic (exact) mass is 369 g/mol. The van der Waals surface area contributed by atoms with Crippen LogP contribution in [0.1, 0.15) is 32.1 Å². The molecule has 26 heavy (non-hydrogen) atoms. The van der Waals surface area contributed by atoms with E-state index in [4.69, 9.17) is 9.84 Å². The molecule has 0 bridgehead atoms. The molecule has 0 radical (unpaired) electrons. The Morgan fingerprint density at radius 1 is 1.23 bits per heavy atom. The number of hydrogen-bond acceptors (Lipinski definition) is 5. The number of carbonyl (C=O) groups is 2. The van der Waals surface area contributed by atoms with Crippen LogP contribution in [0.4, 0.5) is 13.2 Å². The second kappa shape index (κ2) is 7.81. The fourth-order valence-corrected chi connectivity index (χ4v) is 1.96. The second-order valence-electron chi connectivity index (χ2n) is 5.12. The number of amides is 1. The summed E-state index contributed by atoms with van der Waals surface area (Å²) >= 11 is 0. The van der Waals surface area contributed by atoms with Crippen molar-refractivity contribution in [3.8, 4) is 5.88 Å². The Balaban J connectivity index is 1.83. The average Bonchev–Trinajstić information content (AvgIpc) is 2.57. The van der Waals surface area contributed by atoms with Gasteiger partial charge in [-0.05, 0) is 25.1 Å². The Hall–Kier alpha value is -3.17. The molecule has 0 aromatic carbocycles. The number of ether oxygens (including phenoxy) is 1. The van der Waals surface area contributed by atoms with Crippen LogP contribution in [0.25, 0.3) is 0 Å². The quantitative estimate of drug-likeness (QED) is 0.758. The maximum Gasteiger partial charge on any atom is 0.417 e. The van der Waals surface area contributed by atoms with Gasteiger partial charge in [-0.2, -0.15) is 13.2 Å². The summed E-state index contributed by atoms with van der Waals surface area (Å²) in [6, 6.07) is 4.49. The Morgan fingerprint density at radius 2 is 1.96 bits per heavy atom. The number of aromatic nitrogens is 2. The van der Waals surface area contributed by atoms with Gasteiger partial charge in [0.1, 0.15) is 12.3 Å². The normalized spacial score (nSPS) is 11.1. The zero-order valence-electron chi connectivity index (χ0n) is 13.5. The lowest BCUT2D eigenvalue weighted by molar-refractivity contribution is -0.137. The Bertz CT molecular complexity index is 807. The number of aromatic carboxylic acids is 1. The van der Waals surface area contributed by atoms with Crippen LogP contribution in [0, 0.1) is 6.92 Å². The van der Waals surface area contributed by atoms with E-state index in [0.717, 1.165) is 12.1 Å². The third-order valence-electron chi connectivity index (χ3n) is 3.25. The molecule has 10 heteroatoms. The molecule has 2 aromatic heterocycles. The molecule has 2 aromatic rings. The van der Waals surface area contributed by atoms with Gasteiger partial charge in [0.15, 0.2) is 0 Å². The molecule has 2 rings (SSSR count). The fraction of sp³-hybridized carbons (Fsp3) is 0.250. The first-order valence-corrected chi connectivity index (χ1v) is 7.33. The highest BCUT2D eigenvalue weighted by atomic mass is 19.4. The van der Waals surface area contributed by atoms with Crippen LogP contribution in [0.5, 0.6) is 5.88 Å². The average molecular weight is 369 g/mol. The maximum atomic E-state index is 12.4. The number of aryl methyl sites for hydroxylation is 1. The standard InChI is InChI=1S/C16H14F3N3O4/c1-9-11(15(24)25)3-4-12(22-9)14(23)20-6-7-26-13-5-2-10(8-21-13)16(17,18)19/h2-5,8H,6-7H2,1H3,(H,20,23)(H,24,25). The molecule has 0 atom stereocenters. The van der Waals surface area contributed by atoms with Gasteiger partial charge in [-0.25, -0.2) is 14.8 Å². The molecule has 0 aliphatic heterocycles. The van der Waals surface area contributed by atoms with Gasteiger partial charge >= 0.3 is 12.1 Å². The second-order valence-corrected chi connectivity index (χ2v) is 5.12. The molecule has 0 fully saturated rings. The van der Waals surface area contributed by atoms with Crippen molar-refractivity contribution in [3.05, 3.63) is 53.0 Å². The highest BCUT2D eigenvalue weighted by molar-refractivity contribution is 5.94. The lowest BCUT2D eigenvalue weighted by atomic mass is 10.2. The molecular formula is C16H14F3N3O4. The number of pyridine rings is 2. The van der Waals surface area contributed by atoms with E-state index >= 15 is 0 Å². The molecule has 2 heterocycles. The van der Waals surface area contributed by atoms with E-state index in [-0.39, 0.29) is 36.0 Å². The summed E-state index contributed by atoms with van der Waals surface area (Å²) in [7, 11) is 0. The van der Waals surface area contributed by atoms with Gasteiger partial charge in [0.25, 0.3) is 5.91 Å². The van der Waals surface area contributed by atoms with E-state index in [1.165, 1.54) is 19.1 Å². The lowest BCUT2D eigenvalue weighted by Gasteiger charge is -2.09. The summed E-state index contributed by atoms with van der Waals surface area (Å²) in [5, 5.41) is 11.4. The smallest absolute Gasteiger partial charge is 0.417 e. The first kappa shape index (κ1) is 19.2. The van der Waals surface area contributed by atoms with E-state index in [1.54, 1.807) is 0 Å². The minimum absolute atomic E-state index is 0.00161. The van der Waals surface area contributed by atoms with Crippen LogP contribution >= 0.6 is 0 Å². The number of carbonyl (C=O) groups excluding carboxylic acids is 1. The minimum Gasteiger partial charge on any atom is -0.478 e. The van der Waals surface area contributed by atoms with Gasteiger partial charge in [-0.3, -0.25) is 4.79 Å². The Kier molecular flexibility index (Phi) is 5.75. The number of carboxylic acid groups (broad SMARTS) is 1. The van der Waals surface area contributed by atoms with Gasteiger partial charge in [0, 0.05) is 12.3 Å². The van der Waals surface area contributed by atoms with Crippen molar-refractivity contribution < 1.29 is 32.6 Å².